The summed E-state index contributed by atoms with van der Waals surface area (Å²) in [7, 11) is -3.45. The SMILES string of the molecule is Cc1cc2nc(N(Cc3ccccc3)C(=O)C3CCCN3S(C)(=O)=O)sc2cc1C. The van der Waals surface area contributed by atoms with Crippen LogP contribution in [0.15, 0.2) is 42.5 Å². The van der Waals surface area contributed by atoms with Gasteiger partial charge in [-0.1, -0.05) is 41.7 Å². The molecule has 8 heteroatoms. The minimum Gasteiger partial charge on any atom is -0.282 e. The van der Waals surface area contributed by atoms with Crippen LogP contribution in [0.2, 0.25) is 0 Å². The molecule has 0 aliphatic carbocycles. The Balaban J connectivity index is 1.76. The normalized spacial score (nSPS) is 17.5. The Morgan fingerprint density at radius 1 is 1.20 bits per heavy atom. The number of hydrogen-bond acceptors (Lipinski definition) is 5. The molecule has 2 aromatic carbocycles. The lowest BCUT2D eigenvalue weighted by atomic mass is 10.1. The number of hydrogen-bond donors (Lipinski definition) is 0. The van der Waals surface area contributed by atoms with Crippen LogP contribution >= 0.6 is 11.3 Å². The second kappa shape index (κ2) is 8.09. The van der Waals surface area contributed by atoms with Gasteiger partial charge in [-0.15, -0.1) is 0 Å². The molecule has 0 saturated carbocycles. The van der Waals surface area contributed by atoms with Crippen molar-refractivity contribution in [1.29, 1.82) is 0 Å². The Bertz CT molecular complexity index is 1150. The molecule has 4 rings (SSSR count). The molecule has 6 nitrogen and oxygen atoms in total. The maximum absolute atomic E-state index is 13.6. The van der Waals surface area contributed by atoms with Crippen molar-refractivity contribution in [3.63, 3.8) is 0 Å². The van der Waals surface area contributed by atoms with Crippen LogP contribution in [-0.4, -0.2) is 42.5 Å². The van der Waals surface area contributed by atoms with Crippen LogP contribution in [0.3, 0.4) is 0 Å². The molecule has 0 radical (unpaired) electrons. The fourth-order valence-electron chi connectivity index (χ4n) is 3.85. The standard InChI is InChI=1S/C22H25N3O3S2/c1-15-12-18-20(13-16(15)2)29-22(23-18)24(14-17-8-5-4-6-9-17)21(26)19-10-7-11-25(19)30(3,27)28/h4-6,8-9,12-13,19H,7,10-11,14H2,1-3H3. The van der Waals surface area contributed by atoms with Crippen molar-refractivity contribution >= 4 is 42.6 Å². The van der Waals surface area contributed by atoms with Crippen LogP contribution in [0, 0.1) is 13.8 Å². The summed E-state index contributed by atoms with van der Waals surface area (Å²) in [6, 6.07) is 13.2. The van der Waals surface area contributed by atoms with E-state index < -0.39 is 16.1 Å². The van der Waals surface area contributed by atoms with E-state index in [0.717, 1.165) is 21.3 Å². The van der Waals surface area contributed by atoms with Gasteiger partial charge in [0.2, 0.25) is 15.9 Å². The fraction of sp³-hybridized carbons (Fsp3) is 0.364. The summed E-state index contributed by atoms with van der Waals surface area (Å²) in [5.74, 6) is -0.214. The summed E-state index contributed by atoms with van der Waals surface area (Å²) >= 11 is 1.47. The van der Waals surface area contributed by atoms with Crippen molar-refractivity contribution in [1.82, 2.24) is 9.29 Å². The fourth-order valence-corrected chi connectivity index (χ4v) is 6.02. The Morgan fingerprint density at radius 2 is 1.90 bits per heavy atom. The predicted molar refractivity (Wildman–Crippen MR) is 121 cm³/mol. The highest BCUT2D eigenvalue weighted by molar-refractivity contribution is 7.88. The highest BCUT2D eigenvalue weighted by Gasteiger charge is 2.39. The molecule has 1 fully saturated rings. The molecule has 1 aromatic heterocycles. The molecule has 1 aliphatic heterocycles. The maximum atomic E-state index is 13.6. The van der Waals surface area contributed by atoms with Gasteiger partial charge in [0, 0.05) is 6.54 Å². The molecule has 3 aromatic rings. The predicted octanol–water partition coefficient (Wildman–Crippen LogP) is 3.87. The molecule has 1 atom stereocenters. The van der Waals surface area contributed by atoms with Crippen molar-refractivity contribution in [2.24, 2.45) is 0 Å². The number of amides is 1. The van der Waals surface area contributed by atoms with E-state index in [0.29, 0.717) is 31.1 Å². The van der Waals surface area contributed by atoms with E-state index in [-0.39, 0.29) is 5.91 Å². The van der Waals surface area contributed by atoms with Gasteiger partial charge in [0.1, 0.15) is 6.04 Å². The minimum absolute atomic E-state index is 0.214. The summed E-state index contributed by atoms with van der Waals surface area (Å²) in [5, 5.41) is 0.601. The smallest absolute Gasteiger partial charge is 0.247 e. The lowest BCUT2D eigenvalue weighted by molar-refractivity contribution is -0.121. The number of anilines is 1. The number of rotatable bonds is 5. The van der Waals surface area contributed by atoms with Crippen LogP contribution in [-0.2, 0) is 21.4 Å². The third-order valence-electron chi connectivity index (χ3n) is 5.59. The monoisotopic (exact) mass is 443 g/mol. The topological polar surface area (TPSA) is 70.6 Å². The number of aromatic nitrogens is 1. The van der Waals surface area contributed by atoms with E-state index in [1.54, 1.807) is 4.90 Å². The number of nitrogens with zero attached hydrogens (tertiary/aromatic N) is 3. The first-order valence-corrected chi connectivity index (χ1v) is 12.6. The van der Waals surface area contributed by atoms with E-state index in [4.69, 9.17) is 4.98 Å². The number of carbonyl (C=O) groups excluding carboxylic acids is 1. The van der Waals surface area contributed by atoms with Crippen LogP contribution in [0.4, 0.5) is 5.13 Å². The first kappa shape index (κ1) is 21.0. The van der Waals surface area contributed by atoms with Gasteiger partial charge >= 0.3 is 0 Å². The Labute approximate surface area is 181 Å². The van der Waals surface area contributed by atoms with Crippen LogP contribution in [0.25, 0.3) is 10.2 Å². The summed E-state index contributed by atoms with van der Waals surface area (Å²) < 4.78 is 26.8. The molecule has 0 spiro atoms. The Hall–Kier alpha value is -2.29. The van der Waals surface area contributed by atoms with Gasteiger partial charge in [0.15, 0.2) is 5.13 Å². The average molecular weight is 444 g/mol. The summed E-state index contributed by atoms with van der Waals surface area (Å²) in [6.45, 7) is 4.84. The van der Waals surface area contributed by atoms with E-state index >= 15 is 0 Å². The van der Waals surface area contributed by atoms with Gasteiger partial charge in [0.25, 0.3) is 0 Å². The van der Waals surface area contributed by atoms with Gasteiger partial charge in [-0.2, -0.15) is 4.31 Å². The molecular weight excluding hydrogens is 418 g/mol. The third kappa shape index (κ3) is 4.12. The second-order valence-corrected chi connectivity index (χ2v) is 10.8. The van der Waals surface area contributed by atoms with Gasteiger partial charge < -0.3 is 0 Å². The quantitative estimate of drug-likeness (QED) is 0.600. The van der Waals surface area contributed by atoms with Gasteiger partial charge in [-0.25, -0.2) is 13.4 Å². The van der Waals surface area contributed by atoms with Gasteiger partial charge in [0.05, 0.1) is 23.0 Å². The van der Waals surface area contributed by atoms with Crippen molar-refractivity contribution in [2.75, 3.05) is 17.7 Å². The molecule has 158 valence electrons. The Kier molecular flexibility index (Phi) is 5.65. The summed E-state index contributed by atoms with van der Waals surface area (Å²) in [6.07, 6.45) is 2.38. The summed E-state index contributed by atoms with van der Waals surface area (Å²) in [5.41, 5.74) is 4.16. The van der Waals surface area contributed by atoms with Crippen LogP contribution in [0.5, 0.6) is 0 Å². The lowest BCUT2D eigenvalue weighted by Crippen LogP contribution is -2.47. The van der Waals surface area contributed by atoms with Gasteiger partial charge in [-0.05, 0) is 55.5 Å². The molecule has 0 bridgehead atoms. The number of aryl methyl sites for hydroxylation is 2. The van der Waals surface area contributed by atoms with E-state index in [1.807, 2.05) is 43.3 Å². The largest absolute Gasteiger partial charge is 0.282 e. The molecule has 2 heterocycles. The number of benzene rings is 2. The van der Waals surface area contributed by atoms with E-state index in [9.17, 15) is 13.2 Å². The van der Waals surface area contributed by atoms with E-state index in [2.05, 4.69) is 13.0 Å². The zero-order valence-electron chi connectivity index (χ0n) is 17.3. The summed E-state index contributed by atoms with van der Waals surface area (Å²) in [4.78, 5) is 20.0. The molecule has 1 unspecified atom stereocenters. The molecule has 30 heavy (non-hydrogen) atoms. The highest BCUT2D eigenvalue weighted by Crippen LogP contribution is 2.33. The maximum Gasteiger partial charge on any atom is 0.247 e. The second-order valence-electron chi connectivity index (χ2n) is 7.84. The lowest BCUT2D eigenvalue weighted by Gasteiger charge is -2.27. The molecule has 0 N–H and O–H groups in total. The number of fused-ring (bicyclic) bond motifs is 1. The minimum atomic E-state index is -3.45. The molecule has 1 aliphatic rings. The van der Waals surface area contributed by atoms with Crippen molar-refractivity contribution in [2.45, 2.75) is 39.3 Å². The van der Waals surface area contributed by atoms with Crippen molar-refractivity contribution in [3.05, 3.63) is 59.2 Å². The van der Waals surface area contributed by atoms with Crippen molar-refractivity contribution in [3.8, 4) is 0 Å². The zero-order valence-corrected chi connectivity index (χ0v) is 19.0. The first-order chi connectivity index (χ1) is 14.2. The van der Waals surface area contributed by atoms with Crippen LogP contribution in [0.1, 0.15) is 29.5 Å². The average Bonchev–Trinajstić information content (AvgIpc) is 3.34. The third-order valence-corrected chi connectivity index (χ3v) is 7.92. The van der Waals surface area contributed by atoms with Gasteiger partial charge in [-0.3, -0.25) is 9.69 Å². The molecular formula is C22H25N3O3S2. The number of thiazole rings is 1. The number of sulfonamides is 1. The van der Waals surface area contributed by atoms with Crippen LogP contribution < -0.4 is 4.90 Å². The highest BCUT2D eigenvalue weighted by atomic mass is 32.2. The first-order valence-electron chi connectivity index (χ1n) is 9.94. The molecule has 1 saturated heterocycles. The number of carbonyl (C=O) groups is 1. The zero-order chi connectivity index (χ0) is 21.5. The Morgan fingerprint density at radius 3 is 2.60 bits per heavy atom. The van der Waals surface area contributed by atoms with Crippen molar-refractivity contribution < 1.29 is 13.2 Å². The molecule has 1 amide bonds. The van der Waals surface area contributed by atoms with E-state index in [1.165, 1.54) is 27.5 Å².